The summed E-state index contributed by atoms with van der Waals surface area (Å²) in [5.74, 6) is 0. The number of unbranched alkanes of at least 4 members (excludes halogenated alkanes) is 1. The van der Waals surface area contributed by atoms with E-state index in [4.69, 9.17) is 18.4 Å². The molecule has 0 unspecified atom stereocenters. The molecule has 0 aromatic rings. The Labute approximate surface area is 118 Å². The number of hydrogen-bond donors (Lipinski definition) is 1. The number of nitrogens with zero attached hydrogens (tertiary/aromatic N) is 1. The summed E-state index contributed by atoms with van der Waals surface area (Å²) in [5, 5.41) is 8.78. The Morgan fingerprint density at radius 3 is 1.83 bits per heavy atom. The molecule has 1 N–H and O–H groups in total. The van der Waals surface area contributed by atoms with Crippen LogP contribution in [0.2, 0.25) is 6.04 Å². The van der Waals surface area contributed by atoms with Crippen LogP contribution in [-0.4, -0.2) is 73.5 Å². The SMILES string of the molecule is CO[Si](CC[N+](C)(C)CCCCO)(OC)OC.[Cl-]. The summed E-state index contributed by atoms with van der Waals surface area (Å²) in [6.45, 7) is 2.27. The largest absolute Gasteiger partial charge is 1.00 e. The lowest BCUT2D eigenvalue weighted by atomic mass is 10.3. The van der Waals surface area contributed by atoms with Gasteiger partial charge in [0.2, 0.25) is 0 Å². The van der Waals surface area contributed by atoms with Gasteiger partial charge < -0.3 is 35.3 Å². The van der Waals surface area contributed by atoms with Crippen molar-refractivity contribution in [3.8, 4) is 0 Å². The molecular formula is C11H28ClNO4Si. The molecule has 0 bridgehead atoms. The van der Waals surface area contributed by atoms with Crippen molar-refractivity contribution in [2.45, 2.75) is 18.9 Å². The smallest absolute Gasteiger partial charge is 0.505 e. The van der Waals surface area contributed by atoms with Gasteiger partial charge in [-0.25, -0.2) is 0 Å². The van der Waals surface area contributed by atoms with Gasteiger partial charge in [0, 0.05) is 27.9 Å². The molecule has 0 spiro atoms. The lowest BCUT2D eigenvalue weighted by molar-refractivity contribution is -0.888. The van der Waals surface area contributed by atoms with E-state index in [0.717, 1.165) is 36.5 Å². The minimum atomic E-state index is -2.44. The average Bonchev–Trinajstić information content (AvgIpc) is 2.32. The number of quaternary nitrogens is 1. The van der Waals surface area contributed by atoms with E-state index in [1.807, 2.05) is 0 Å². The zero-order valence-electron chi connectivity index (χ0n) is 12.2. The molecule has 0 saturated heterocycles. The van der Waals surface area contributed by atoms with Crippen LogP contribution < -0.4 is 12.4 Å². The van der Waals surface area contributed by atoms with E-state index in [1.54, 1.807) is 21.3 Å². The first-order valence-electron chi connectivity index (χ1n) is 6.03. The Hall–Kier alpha value is 0.307. The number of hydrogen-bond acceptors (Lipinski definition) is 4. The third kappa shape index (κ3) is 7.68. The Balaban J connectivity index is 0. The fourth-order valence-electron chi connectivity index (χ4n) is 1.76. The summed E-state index contributed by atoms with van der Waals surface area (Å²) in [6, 6.07) is 0.808. The molecule has 0 aliphatic rings. The predicted molar refractivity (Wildman–Crippen MR) is 69.8 cm³/mol. The van der Waals surface area contributed by atoms with E-state index >= 15 is 0 Å². The van der Waals surface area contributed by atoms with Gasteiger partial charge in [-0.1, -0.05) is 0 Å². The van der Waals surface area contributed by atoms with Crippen molar-refractivity contribution in [1.82, 2.24) is 0 Å². The molecule has 5 nitrogen and oxygen atoms in total. The van der Waals surface area contributed by atoms with Gasteiger partial charge in [0.25, 0.3) is 0 Å². The third-order valence-corrected chi connectivity index (χ3v) is 5.83. The number of halogens is 1. The van der Waals surface area contributed by atoms with Crippen LogP contribution in [0, 0.1) is 0 Å². The quantitative estimate of drug-likeness (QED) is 0.281. The van der Waals surface area contributed by atoms with Crippen LogP contribution in [0.3, 0.4) is 0 Å². The highest BCUT2D eigenvalue weighted by molar-refractivity contribution is 6.60. The maximum atomic E-state index is 8.78. The fraction of sp³-hybridized carbons (Fsp3) is 1.00. The Morgan fingerprint density at radius 1 is 0.944 bits per heavy atom. The van der Waals surface area contributed by atoms with Gasteiger partial charge in [0.15, 0.2) is 0 Å². The van der Waals surface area contributed by atoms with Crippen LogP contribution in [0.25, 0.3) is 0 Å². The Bertz CT molecular complexity index is 195. The predicted octanol–water partition coefficient (Wildman–Crippen LogP) is -2.28. The van der Waals surface area contributed by atoms with Gasteiger partial charge in [-0.2, -0.15) is 0 Å². The normalized spacial score (nSPS) is 12.3. The molecule has 18 heavy (non-hydrogen) atoms. The first-order valence-corrected chi connectivity index (χ1v) is 7.97. The van der Waals surface area contributed by atoms with Crippen LogP contribution >= 0.6 is 0 Å². The number of rotatable bonds is 10. The lowest BCUT2D eigenvalue weighted by Gasteiger charge is -2.33. The molecule has 0 aromatic carbocycles. The van der Waals surface area contributed by atoms with E-state index < -0.39 is 8.80 Å². The monoisotopic (exact) mass is 301 g/mol. The minimum Gasteiger partial charge on any atom is -1.00 e. The molecule has 0 aromatic heterocycles. The third-order valence-electron chi connectivity index (χ3n) is 3.13. The lowest BCUT2D eigenvalue weighted by Crippen LogP contribution is -3.00. The first kappa shape index (κ1) is 20.6. The summed E-state index contributed by atoms with van der Waals surface area (Å²) in [6.07, 6.45) is 1.90. The van der Waals surface area contributed by atoms with E-state index in [9.17, 15) is 0 Å². The summed E-state index contributed by atoms with van der Waals surface area (Å²) < 4.78 is 17.1. The molecule has 0 aliphatic heterocycles. The van der Waals surface area contributed by atoms with Crippen molar-refractivity contribution in [3.63, 3.8) is 0 Å². The second-order valence-electron chi connectivity index (χ2n) is 4.86. The van der Waals surface area contributed by atoms with E-state index in [-0.39, 0.29) is 19.0 Å². The van der Waals surface area contributed by atoms with Crippen LogP contribution in [0.4, 0.5) is 0 Å². The van der Waals surface area contributed by atoms with E-state index in [2.05, 4.69) is 14.1 Å². The van der Waals surface area contributed by atoms with Crippen LogP contribution in [-0.2, 0) is 13.3 Å². The molecule has 0 radical (unpaired) electrons. The van der Waals surface area contributed by atoms with Crippen molar-refractivity contribution < 1.29 is 35.3 Å². The summed E-state index contributed by atoms with van der Waals surface area (Å²) in [7, 11) is 6.85. The van der Waals surface area contributed by atoms with Crippen molar-refractivity contribution >= 4 is 8.80 Å². The molecule has 0 amide bonds. The second kappa shape index (κ2) is 10.1. The standard InChI is InChI=1S/C11H28NO4Si.ClH/c1-12(2,8-6-7-10-13)9-11-17(14-3,15-4)16-5;/h13H,6-11H2,1-5H3;1H/q+1;/p-1. The highest BCUT2D eigenvalue weighted by atomic mass is 35.5. The summed E-state index contributed by atoms with van der Waals surface area (Å²) in [4.78, 5) is 0. The zero-order valence-corrected chi connectivity index (χ0v) is 14.0. The fourth-order valence-corrected chi connectivity index (χ4v) is 3.75. The molecule has 7 heteroatoms. The van der Waals surface area contributed by atoms with Crippen molar-refractivity contribution in [2.75, 3.05) is 55.1 Å². The molecule has 0 rings (SSSR count). The van der Waals surface area contributed by atoms with Crippen molar-refractivity contribution in [2.24, 2.45) is 0 Å². The molecule has 112 valence electrons. The number of aliphatic hydroxyl groups excluding tert-OH is 1. The Kier molecular flexibility index (Phi) is 11.6. The van der Waals surface area contributed by atoms with Gasteiger partial charge >= 0.3 is 8.80 Å². The molecule has 0 fully saturated rings. The van der Waals surface area contributed by atoms with Crippen LogP contribution in [0.15, 0.2) is 0 Å². The van der Waals surface area contributed by atoms with Gasteiger partial charge in [0.05, 0.1) is 33.2 Å². The highest BCUT2D eigenvalue weighted by Crippen LogP contribution is 2.15. The molecule has 0 saturated carbocycles. The Morgan fingerprint density at radius 2 is 1.44 bits per heavy atom. The molecule has 0 atom stereocenters. The molecular weight excluding hydrogens is 274 g/mol. The maximum Gasteiger partial charge on any atom is 0.505 e. The highest BCUT2D eigenvalue weighted by Gasteiger charge is 2.39. The van der Waals surface area contributed by atoms with Gasteiger partial charge in [-0.15, -0.1) is 0 Å². The summed E-state index contributed by atoms with van der Waals surface area (Å²) in [5.41, 5.74) is 0. The molecule has 0 aliphatic carbocycles. The van der Waals surface area contributed by atoms with Gasteiger partial charge in [-0.05, 0) is 12.8 Å². The van der Waals surface area contributed by atoms with Crippen LogP contribution in [0.1, 0.15) is 12.8 Å². The topological polar surface area (TPSA) is 47.9 Å². The van der Waals surface area contributed by atoms with Crippen LogP contribution in [0.5, 0.6) is 0 Å². The van der Waals surface area contributed by atoms with Crippen molar-refractivity contribution in [1.29, 1.82) is 0 Å². The maximum absolute atomic E-state index is 8.78. The van der Waals surface area contributed by atoms with Gasteiger partial charge in [0.1, 0.15) is 0 Å². The second-order valence-corrected chi connectivity index (χ2v) is 7.95. The van der Waals surface area contributed by atoms with E-state index in [0.29, 0.717) is 0 Å². The zero-order chi connectivity index (χ0) is 13.4. The number of aliphatic hydroxyl groups is 1. The summed E-state index contributed by atoms with van der Waals surface area (Å²) >= 11 is 0. The first-order chi connectivity index (χ1) is 7.95. The average molecular weight is 302 g/mol. The molecule has 0 heterocycles. The van der Waals surface area contributed by atoms with E-state index in [1.165, 1.54) is 0 Å². The minimum absolute atomic E-state index is 0. The van der Waals surface area contributed by atoms with Crippen molar-refractivity contribution in [3.05, 3.63) is 0 Å². The van der Waals surface area contributed by atoms with Gasteiger partial charge in [-0.3, -0.25) is 0 Å².